The number of esters is 1. The molecule has 0 aliphatic rings. The van der Waals surface area contributed by atoms with E-state index in [1.165, 1.54) is 18.2 Å². The lowest BCUT2D eigenvalue weighted by Gasteiger charge is -2.06. The van der Waals surface area contributed by atoms with Gasteiger partial charge in [0.1, 0.15) is 17.1 Å². The highest BCUT2D eigenvalue weighted by atomic mass is 79.9. The van der Waals surface area contributed by atoms with Crippen LogP contribution in [0.2, 0.25) is 0 Å². The van der Waals surface area contributed by atoms with Crippen LogP contribution in [0.1, 0.15) is 10.4 Å². The van der Waals surface area contributed by atoms with Gasteiger partial charge in [0.05, 0.1) is 0 Å². The zero-order valence-corrected chi connectivity index (χ0v) is 10.8. The fourth-order valence-corrected chi connectivity index (χ4v) is 1.65. The van der Waals surface area contributed by atoms with E-state index in [0.717, 1.165) is 4.47 Å². The molecule has 0 atom stereocenters. The van der Waals surface area contributed by atoms with Crippen LogP contribution in [-0.4, -0.2) is 11.1 Å². The third-order valence-electron chi connectivity index (χ3n) is 2.27. The molecule has 2 aromatic rings. The average Bonchev–Trinajstić information content (AvgIpc) is 2.32. The summed E-state index contributed by atoms with van der Waals surface area (Å²) >= 11 is 3.28. The number of aromatic hydroxyl groups is 1. The Labute approximate surface area is 112 Å². The van der Waals surface area contributed by atoms with Crippen LogP contribution < -0.4 is 10.5 Å². The van der Waals surface area contributed by atoms with E-state index in [1.54, 1.807) is 24.3 Å². The Morgan fingerprint density at radius 3 is 2.44 bits per heavy atom. The molecule has 0 spiro atoms. The average molecular weight is 308 g/mol. The van der Waals surface area contributed by atoms with Gasteiger partial charge in [-0.1, -0.05) is 15.9 Å². The number of carbonyl (C=O) groups excluding carboxylic acids is 1. The zero-order chi connectivity index (χ0) is 13.1. The van der Waals surface area contributed by atoms with Gasteiger partial charge in [-0.05, 0) is 36.4 Å². The van der Waals surface area contributed by atoms with Crippen molar-refractivity contribution in [2.45, 2.75) is 0 Å². The molecule has 0 aromatic heterocycles. The van der Waals surface area contributed by atoms with Gasteiger partial charge in [-0.25, -0.2) is 4.79 Å². The van der Waals surface area contributed by atoms with Gasteiger partial charge in [0, 0.05) is 16.2 Å². The Morgan fingerprint density at radius 1 is 1.17 bits per heavy atom. The third-order valence-corrected chi connectivity index (χ3v) is 2.79. The van der Waals surface area contributed by atoms with Gasteiger partial charge in [-0.2, -0.15) is 0 Å². The maximum Gasteiger partial charge on any atom is 0.347 e. The Balaban J connectivity index is 2.19. The van der Waals surface area contributed by atoms with Crippen molar-refractivity contribution < 1.29 is 14.6 Å². The van der Waals surface area contributed by atoms with Gasteiger partial charge in [0.15, 0.2) is 0 Å². The topological polar surface area (TPSA) is 72.6 Å². The predicted octanol–water partition coefficient (Wildman–Crippen LogP) is 2.96. The summed E-state index contributed by atoms with van der Waals surface area (Å²) in [6, 6.07) is 11.1. The molecule has 0 heterocycles. The van der Waals surface area contributed by atoms with Crippen LogP contribution in [0.5, 0.6) is 11.5 Å². The second kappa shape index (κ2) is 5.10. The lowest BCUT2D eigenvalue weighted by molar-refractivity contribution is 0.0731. The van der Waals surface area contributed by atoms with Crippen molar-refractivity contribution in [3.05, 3.63) is 52.5 Å². The van der Waals surface area contributed by atoms with Gasteiger partial charge in [0.25, 0.3) is 0 Å². The molecular weight excluding hydrogens is 298 g/mol. The molecule has 18 heavy (non-hydrogen) atoms. The summed E-state index contributed by atoms with van der Waals surface area (Å²) in [5.41, 5.74) is 5.94. The lowest BCUT2D eigenvalue weighted by Crippen LogP contribution is -2.08. The molecule has 2 aromatic carbocycles. The molecule has 5 heteroatoms. The molecule has 0 amide bonds. The van der Waals surface area contributed by atoms with Crippen LogP contribution in [-0.2, 0) is 0 Å². The van der Waals surface area contributed by atoms with Crippen LogP contribution in [0.3, 0.4) is 0 Å². The van der Waals surface area contributed by atoms with Gasteiger partial charge < -0.3 is 15.6 Å². The van der Waals surface area contributed by atoms with Crippen LogP contribution in [0.4, 0.5) is 5.69 Å². The number of nitrogen functional groups attached to an aromatic ring is 1. The number of nitrogens with two attached hydrogens (primary N) is 1. The fourth-order valence-electron chi connectivity index (χ4n) is 1.39. The number of phenolic OH excluding ortho intramolecular Hbond substituents is 1. The predicted molar refractivity (Wildman–Crippen MR) is 71.6 cm³/mol. The van der Waals surface area contributed by atoms with Crippen molar-refractivity contribution in [3.63, 3.8) is 0 Å². The summed E-state index contributed by atoms with van der Waals surface area (Å²) in [7, 11) is 0. The van der Waals surface area contributed by atoms with Crippen molar-refractivity contribution in [3.8, 4) is 11.5 Å². The summed E-state index contributed by atoms with van der Waals surface area (Å²) in [5.74, 6) is -0.425. The smallest absolute Gasteiger partial charge is 0.347 e. The standard InChI is InChI=1S/C13H10BrNO3/c14-8-1-4-10(5-2-8)18-13(17)11-6-3-9(15)7-12(11)16/h1-7,16H,15H2. The van der Waals surface area contributed by atoms with E-state index in [-0.39, 0.29) is 11.3 Å². The third kappa shape index (κ3) is 2.81. The second-order valence-electron chi connectivity index (χ2n) is 3.62. The molecule has 92 valence electrons. The summed E-state index contributed by atoms with van der Waals surface area (Å²) in [6.07, 6.45) is 0. The van der Waals surface area contributed by atoms with E-state index < -0.39 is 5.97 Å². The Kier molecular flexibility index (Phi) is 3.53. The molecule has 0 saturated carbocycles. The quantitative estimate of drug-likeness (QED) is 0.508. The number of hydrogen-bond acceptors (Lipinski definition) is 4. The van der Waals surface area contributed by atoms with Crippen molar-refractivity contribution >= 4 is 27.6 Å². The number of halogens is 1. The Hall–Kier alpha value is -2.01. The minimum absolute atomic E-state index is 0.0760. The summed E-state index contributed by atoms with van der Waals surface area (Å²) < 4.78 is 6.00. The zero-order valence-electron chi connectivity index (χ0n) is 9.26. The minimum Gasteiger partial charge on any atom is -0.507 e. The highest BCUT2D eigenvalue weighted by molar-refractivity contribution is 9.10. The second-order valence-corrected chi connectivity index (χ2v) is 4.54. The van der Waals surface area contributed by atoms with Gasteiger partial charge in [-0.3, -0.25) is 0 Å². The van der Waals surface area contributed by atoms with Gasteiger partial charge >= 0.3 is 5.97 Å². The Morgan fingerprint density at radius 2 is 1.83 bits per heavy atom. The van der Waals surface area contributed by atoms with E-state index in [2.05, 4.69) is 15.9 Å². The first kappa shape index (κ1) is 12.4. The fraction of sp³-hybridized carbons (Fsp3) is 0. The van der Waals surface area contributed by atoms with Crippen LogP contribution >= 0.6 is 15.9 Å². The maximum absolute atomic E-state index is 11.8. The number of phenols is 1. The highest BCUT2D eigenvalue weighted by Gasteiger charge is 2.13. The number of anilines is 1. The molecule has 0 unspecified atom stereocenters. The van der Waals surface area contributed by atoms with Crippen molar-refractivity contribution in [1.82, 2.24) is 0 Å². The molecule has 3 N–H and O–H groups in total. The van der Waals surface area contributed by atoms with Crippen LogP contribution in [0.15, 0.2) is 46.9 Å². The summed E-state index contributed by atoms with van der Waals surface area (Å²) in [4.78, 5) is 11.8. The first-order chi connectivity index (χ1) is 8.56. The van der Waals surface area contributed by atoms with Crippen molar-refractivity contribution in [2.24, 2.45) is 0 Å². The molecule has 4 nitrogen and oxygen atoms in total. The first-order valence-electron chi connectivity index (χ1n) is 5.12. The number of benzene rings is 2. The number of hydrogen-bond donors (Lipinski definition) is 2. The summed E-state index contributed by atoms with van der Waals surface area (Å²) in [6.45, 7) is 0. The normalized spacial score (nSPS) is 10.1. The van der Waals surface area contributed by atoms with Gasteiger partial charge in [0.2, 0.25) is 0 Å². The highest BCUT2D eigenvalue weighted by Crippen LogP contribution is 2.23. The van der Waals surface area contributed by atoms with E-state index in [9.17, 15) is 9.90 Å². The van der Waals surface area contributed by atoms with Crippen LogP contribution in [0, 0.1) is 0 Å². The monoisotopic (exact) mass is 307 g/mol. The number of rotatable bonds is 2. The lowest BCUT2D eigenvalue weighted by atomic mass is 10.2. The summed E-state index contributed by atoms with van der Waals surface area (Å²) in [5, 5.41) is 9.60. The molecule has 0 bridgehead atoms. The van der Waals surface area contributed by atoms with Crippen molar-refractivity contribution in [1.29, 1.82) is 0 Å². The molecule has 2 rings (SSSR count). The molecule has 0 aliphatic carbocycles. The molecule has 0 fully saturated rings. The maximum atomic E-state index is 11.8. The largest absolute Gasteiger partial charge is 0.507 e. The SMILES string of the molecule is Nc1ccc(C(=O)Oc2ccc(Br)cc2)c(O)c1. The minimum atomic E-state index is -0.630. The van der Waals surface area contributed by atoms with E-state index >= 15 is 0 Å². The van der Waals surface area contributed by atoms with E-state index in [4.69, 9.17) is 10.5 Å². The van der Waals surface area contributed by atoms with E-state index in [1.807, 2.05) is 0 Å². The molecule has 0 radical (unpaired) electrons. The van der Waals surface area contributed by atoms with Gasteiger partial charge in [-0.15, -0.1) is 0 Å². The van der Waals surface area contributed by atoms with Crippen LogP contribution in [0.25, 0.3) is 0 Å². The number of ether oxygens (including phenoxy) is 1. The molecule has 0 saturated heterocycles. The molecular formula is C13H10BrNO3. The van der Waals surface area contributed by atoms with Crippen molar-refractivity contribution in [2.75, 3.05) is 5.73 Å². The van der Waals surface area contributed by atoms with E-state index in [0.29, 0.717) is 11.4 Å². The number of carbonyl (C=O) groups is 1. The Bertz CT molecular complexity index is 581. The first-order valence-corrected chi connectivity index (χ1v) is 5.92. The molecule has 0 aliphatic heterocycles.